The summed E-state index contributed by atoms with van der Waals surface area (Å²) in [5, 5.41) is 3.95. The van der Waals surface area contributed by atoms with Gasteiger partial charge in [-0.25, -0.2) is 16.8 Å². The summed E-state index contributed by atoms with van der Waals surface area (Å²) in [6.07, 6.45) is 6.82. The molecule has 172 valence electrons. The van der Waals surface area contributed by atoms with Gasteiger partial charge >= 0.3 is 0 Å². The first-order chi connectivity index (χ1) is 15.1. The van der Waals surface area contributed by atoms with E-state index in [1.54, 1.807) is 17.4 Å². The molecule has 1 aromatic carbocycles. The van der Waals surface area contributed by atoms with E-state index in [1.807, 2.05) is 27.8 Å². The van der Waals surface area contributed by atoms with Gasteiger partial charge in [-0.2, -0.15) is 15.6 Å². The van der Waals surface area contributed by atoms with Crippen molar-refractivity contribution in [3.8, 4) is 0 Å². The van der Waals surface area contributed by atoms with Crippen LogP contribution in [0.25, 0.3) is 6.08 Å². The van der Waals surface area contributed by atoms with Gasteiger partial charge < -0.3 is 4.90 Å². The first-order valence-corrected chi connectivity index (χ1v) is 14.7. The van der Waals surface area contributed by atoms with E-state index in [1.165, 1.54) is 28.6 Å². The number of rotatable bonds is 5. The molecule has 10 heteroatoms. The van der Waals surface area contributed by atoms with Gasteiger partial charge in [-0.15, -0.1) is 0 Å². The van der Waals surface area contributed by atoms with Crippen LogP contribution in [0.5, 0.6) is 0 Å². The molecule has 2 saturated heterocycles. The number of carbonyl (C=O) groups is 1. The van der Waals surface area contributed by atoms with E-state index in [0.29, 0.717) is 26.2 Å². The van der Waals surface area contributed by atoms with Crippen molar-refractivity contribution in [1.82, 2.24) is 9.21 Å². The van der Waals surface area contributed by atoms with E-state index in [0.717, 1.165) is 31.1 Å². The molecule has 0 radical (unpaired) electrons. The normalized spacial score (nSPS) is 19.7. The number of sulfone groups is 1. The molecule has 0 N–H and O–H groups in total. The van der Waals surface area contributed by atoms with Crippen LogP contribution in [0.2, 0.25) is 0 Å². The molecule has 4 rings (SSSR count). The fraction of sp³-hybridized carbons (Fsp3) is 0.409. The number of thiophene rings is 1. The Kier molecular flexibility index (Phi) is 6.32. The molecule has 7 nitrogen and oxygen atoms in total. The van der Waals surface area contributed by atoms with E-state index >= 15 is 0 Å². The fourth-order valence-electron chi connectivity index (χ4n) is 4.36. The molecular weight excluding hydrogens is 468 g/mol. The number of hydrogen-bond acceptors (Lipinski definition) is 6. The van der Waals surface area contributed by atoms with Crippen LogP contribution in [0.3, 0.4) is 0 Å². The lowest BCUT2D eigenvalue weighted by Crippen LogP contribution is -2.44. The average Bonchev–Trinajstić information content (AvgIpc) is 3.43. The van der Waals surface area contributed by atoms with Crippen molar-refractivity contribution in [3.63, 3.8) is 0 Å². The van der Waals surface area contributed by atoms with Gasteiger partial charge in [0, 0.05) is 38.5 Å². The fourth-order valence-corrected chi connectivity index (χ4v) is 7.17. The first kappa shape index (κ1) is 23.2. The number of sulfonamides is 1. The van der Waals surface area contributed by atoms with Gasteiger partial charge in [-0.05, 0) is 77.4 Å². The Morgan fingerprint density at radius 2 is 1.59 bits per heavy atom. The number of likely N-dealkylation sites (tertiary alicyclic amines) is 1. The van der Waals surface area contributed by atoms with Crippen molar-refractivity contribution < 1.29 is 21.6 Å². The predicted octanol–water partition coefficient (Wildman–Crippen LogP) is 2.87. The number of piperidine rings is 1. The number of amides is 1. The van der Waals surface area contributed by atoms with Crippen LogP contribution in [0.1, 0.15) is 24.8 Å². The monoisotopic (exact) mass is 494 g/mol. The third-order valence-corrected chi connectivity index (χ3v) is 10.1. The Morgan fingerprint density at radius 1 is 0.969 bits per heavy atom. The van der Waals surface area contributed by atoms with E-state index in [-0.39, 0.29) is 21.1 Å². The highest BCUT2D eigenvalue weighted by Gasteiger charge is 2.44. The third kappa shape index (κ3) is 4.83. The molecule has 0 saturated carbocycles. The third-order valence-electron chi connectivity index (χ3n) is 6.39. The zero-order valence-corrected chi connectivity index (χ0v) is 20.3. The molecule has 1 spiro atoms. The van der Waals surface area contributed by atoms with Crippen molar-refractivity contribution in [2.45, 2.75) is 29.1 Å². The molecule has 2 aliphatic rings. The molecule has 1 amide bonds. The predicted molar refractivity (Wildman–Crippen MR) is 125 cm³/mol. The van der Waals surface area contributed by atoms with Crippen molar-refractivity contribution in [2.24, 2.45) is 5.41 Å². The molecule has 0 bridgehead atoms. The smallest absolute Gasteiger partial charge is 0.246 e. The lowest BCUT2D eigenvalue weighted by atomic mass is 9.78. The second-order valence-corrected chi connectivity index (χ2v) is 13.3. The van der Waals surface area contributed by atoms with Crippen LogP contribution in [0.4, 0.5) is 0 Å². The molecule has 0 aliphatic carbocycles. The molecular formula is C22H26N2O5S3. The van der Waals surface area contributed by atoms with Crippen LogP contribution in [-0.2, 0) is 24.7 Å². The Bertz CT molecular complexity index is 1210. The van der Waals surface area contributed by atoms with Gasteiger partial charge in [0.15, 0.2) is 9.84 Å². The zero-order chi connectivity index (χ0) is 23.0. The lowest BCUT2D eigenvalue weighted by Gasteiger charge is -2.39. The van der Waals surface area contributed by atoms with Gasteiger partial charge in [0.1, 0.15) is 0 Å². The Morgan fingerprint density at radius 3 is 2.19 bits per heavy atom. The van der Waals surface area contributed by atoms with E-state index < -0.39 is 19.9 Å². The molecule has 2 aliphatic heterocycles. The largest absolute Gasteiger partial charge is 0.339 e. The topological polar surface area (TPSA) is 91.8 Å². The number of hydrogen-bond donors (Lipinski definition) is 0. The SMILES string of the molecule is CS(=O)(=O)c1ccc(S(=O)(=O)N2CCC3(CCN(C(=O)/C=C/c4ccsc4)CC3)C2)cc1. The highest BCUT2D eigenvalue weighted by Crippen LogP contribution is 2.42. The standard InChI is InChI=1S/C22H26N2O5S3/c1-31(26,27)19-3-5-20(6-4-19)32(28,29)24-14-11-22(17-24)9-12-23(13-10-22)21(25)7-2-18-8-15-30-16-18/h2-8,15-16H,9-14,17H2,1H3/b7-2+. The first-order valence-electron chi connectivity index (χ1n) is 10.4. The van der Waals surface area contributed by atoms with E-state index in [9.17, 15) is 21.6 Å². The maximum absolute atomic E-state index is 13.1. The summed E-state index contributed by atoms with van der Waals surface area (Å²) in [7, 11) is -7.07. The molecule has 32 heavy (non-hydrogen) atoms. The lowest BCUT2D eigenvalue weighted by molar-refractivity contribution is -0.128. The van der Waals surface area contributed by atoms with Crippen LogP contribution in [-0.4, -0.2) is 64.4 Å². The van der Waals surface area contributed by atoms with Gasteiger partial charge in [0.25, 0.3) is 0 Å². The molecule has 0 unspecified atom stereocenters. The van der Waals surface area contributed by atoms with Gasteiger partial charge in [-0.1, -0.05) is 0 Å². The van der Waals surface area contributed by atoms with Crippen LogP contribution in [0.15, 0.2) is 57.0 Å². The number of nitrogens with zero attached hydrogens (tertiary/aromatic N) is 2. The minimum atomic E-state index is -3.69. The molecule has 0 atom stereocenters. The Balaban J connectivity index is 1.38. The summed E-state index contributed by atoms with van der Waals surface area (Å²) in [5.41, 5.74) is 0.895. The van der Waals surface area contributed by atoms with E-state index in [4.69, 9.17) is 0 Å². The summed E-state index contributed by atoms with van der Waals surface area (Å²) < 4.78 is 51.0. The van der Waals surface area contributed by atoms with Gasteiger partial charge in [0.05, 0.1) is 9.79 Å². The summed E-state index contributed by atoms with van der Waals surface area (Å²) in [4.78, 5) is 14.5. The second-order valence-electron chi connectivity index (χ2n) is 8.55. The second kappa shape index (κ2) is 8.74. The zero-order valence-electron chi connectivity index (χ0n) is 17.8. The highest BCUT2D eigenvalue weighted by molar-refractivity contribution is 7.90. The van der Waals surface area contributed by atoms with Crippen molar-refractivity contribution in [1.29, 1.82) is 0 Å². The Hall–Kier alpha value is -2.01. The molecule has 3 heterocycles. The summed E-state index contributed by atoms with van der Waals surface area (Å²) in [5.74, 6) is -0.0144. The van der Waals surface area contributed by atoms with Crippen LogP contribution < -0.4 is 0 Å². The highest BCUT2D eigenvalue weighted by atomic mass is 32.2. The number of carbonyl (C=O) groups excluding carboxylic acids is 1. The summed E-state index contributed by atoms with van der Waals surface area (Å²) in [6, 6.07) is 7.35. The number of benzene rings is 1. The average molecular weight is 495 g/mol. The van der Waals surface area contributed by atoms with Gasteiger partial charge in [0.2, 0.25) is 15.9 Å². The van der Waals surface area contributed by atoms with Crippen LogP contribution >= 0.6 is 11.3 Å². The molecule has 2 fully saturated rings. The molecule has 1 aromatic heterocycles. The quantitative estimate of drug-likeness (QED) is 0.596. The van der Waals surface area contributed by atoms with Crippen LogP contribution in [0, 0.1) is 5.41 Å². The van der Waals surface area contributed by atoms with Crippen molar-refractivity contribution in [2.75, 3.05) is 32.4 Å². The maximum Gasteiger partial charge on any atom is 0.246 e. The van der Waals surface area contributed by atoms with Crippen molar-refractivity contribution in [3.05, 3.63) is 52.7 Å². The Labute approximate surface area is 193 Å². The van der Waals surface area contributed by atoms with E-state index in [2.05, 4.69) is 0 Å². The van der Waals surface area contributed by atoms with Gasteiger partial charge in [-0.3, -0.25) is 4.79 Å². The van der Waals surface area contributed by atoms with Crippen molar-refractivity contribution >= 4 is 43.2 Å². The summed E-state index contributed by atoms with van der Waals surface area (Å²) in [6.45, 7) is 2.09. The molecule has 2 aromatic rings. The maximum atomic E-state index is 13.1. The summed E-state index contributed by atoms with van der Waals surface area (Å²) >= 11 is 1.58. The minimum Gasteiger partial charge on any atom is -0.339 e. The minimum absolute atomic E-state index is 0.0144.